The van der Waals surface area contributed by atoms with E-state index in [9.17, 15) is 8.78 Å². The number of hydrogen-bond acceptors (Lipinski definition) is 2. The molecule has 0 aromatic heterocycles. The Bertz CT molecular complexity index is 637. The SMILES string of the molecule is CNCc1cccc(F)c1Oc1cc(F)c(Cl)cc1Br. The fraction of sp³-hybridized carbons (Fsp3) is 0.143. The summed E-state index contributed by atoms with van der Waals surface area (Å²) in [4.78, 5) is 0. The van der Waals surface area contributed by atoms with Crippen LogP contribution in [0.3, 0.4) is 0 Å². The highest BCUT2D eigenvalue weighted by Crippen LogP contribution is 2.36. The highest BCUT2D eigenvalue weighted by atomic mass is 79.9. The number of benzene rings is 2. The summed E-state index contributed by atoms with van der Waals surface area (Å²) in [5.41, 5.74) is 0.634. The molecule has 6 heteroatoms. The Morgan fingerprint density at radius 3 is 2.70 bits per heavy atom. The van der Waals surface area contributed by atoms with Gasteiger partial charge in [0, 0.05) is 18.2 Å². The van der Waals surface area contributed by atoms with Gasteiger partial charge in [0.1, 0.15) is 11.6 Å². The standard InChI is InChI=1S/C14H11BrClF2NO/c1-19-7-8-3-2-4-11(17)14(8)20-13-6-12(18)10(16)5-9(13)15/h2-6,19H,7H2,1H3. The van der Waals surface area contributed by atoms with Crippen LogP contribution in [0.15, 0.2) is 34.8 Å². The Labute approximate surface area is 128 Å². The van der Waals surface area contributed by atoms with Gasteiger partial charge in [0.15, 0.2) is 11.6 Å². The summed E-state index contributed by atoms with van der Waals surface area (Å²) in [5, 5.41) is 2.88. The van der Waals surface area contributed by atoms with E-state index in [0.29, 0.717) is 16.6 Å². The van der Waals surface area contributed by atoms with Crippen LogP contribution in [0.25, 0.3) is 0 Å². The van der Waals surface area contributed by atoms with Gasteiger partial charge in [-0.15, -0.1) is 0 Å². The average molecular weight is 363 g/mol. The van der Waals surface area contributed by atoms with Crippen molar-refractivity contribution in [3.63, 3.8) is 0 Å². The van der Waals surface area contributed by atoms with E-state index in [-0.39, 0.29) is 16.5 Å². The molecule has 0 saturated heterocycles. The van der Waals surface area contributed by atoms with E-state index in [0.717, 1.165) is 6.07 Å². The van der Waals surface area contributed by atoms with Crippen LogP contribution in [0.4, 0.5) is 8.78 Å². The Morgan fingerprint density at radius 1 is 1.25 bits per heavy atom. The summed E-state index contributed by atoms with van der Waals surface area (Å²) in [6, 6.07) is 7.09. The van der Waals surface area contributed by atoms with E-state index in [1.54, 1.807) is 19.2 Å². The van der Waals surface area contributed by atoms with Gasteiger partial charge in [0.05, 0.1) is 9.50 Å². The first-order valence-corrected chi connectivity index (χ1v) is 6.94. The van der Waals surface area contributed by atoms with Crippen LogP contribution < -0.4 is 10.1 Å². The van der Waals surface area contributed by atoms with E-state index in [4.69, 9.17) is 16.3 Å². The predicted octanol–water partition coefficient (Wildman–Crippen LogP) is 4.89. The number of rotatable bonds is 4. The molecule has 2 rings (SSSR count). The van der Waals surface area contributed by atoms with Crippen molar-refractivity contribution in [3.05, 3.63) is 57.0 Å². The third-order valence-electron chi connectivity index (χ3n) is 2.60. The summed E-state index contributed by atoms with van der Waals surface area (Å²) in [6.07, 6.45) is 0. The van der Waals surface area contributed by atoms with Gasteiger partial charge in [-0.3, -0.25) is 0 Å². The van der Waals surface area contributed by atoms with Crippen molar-refractivity contribution in [2.24, 2.45) is 0 Å². The molecule has 0 atom stereocenters. The lowest BCUT2D eigenvalue weighted by Gasteiger charge is -2.13. The number of para-hydroxylation sites is 1. The summed E-state index contributed by atoms with van der Waals surface area (Å²) < 4.78 is 33.3. The van der Waals surface area contributed by atoms with Gasteiger partial charge in [0.2, 0.25) is 0 Å². The summed E-state index contributed by atoms with van der Waals surface area (Å²) in [5.74, 6) is -0.921. The van der Waals surface area contributed by atoms with Gasteiger partial charge in [0.25, 0.3) is 0 Å². The lowest BCUT2D eigenvalue weighted by molar-refractivity contribution is 0.429. The Balaban J connectivity index is 2.42. The normalized spacial score (nSPS) is 10.7. The molecule has 0 fully saturated rings. The minimum atomic E-state index is -0.628. The quantitative estimate of drug-likeness (QED) is 0.782. The second kappa shape index (κ2) is 6.52. The minimum absolute atomic E-state index is 0.0341. The second-order valence-electron chi connectivity index (χ2n) is 4.06. The Morgan fingerprint density at radius 2 is 2.00 bits per heavy atom. The lowest BCUT2D eigenvalue weighted by atomic mass is 10.2. The van der Waals surface area contributed by atoms with Crippen molar-refractivity contribution in [3.8, 4) is 11.5 Å². The summed E-state index contributed by atoms with van der Waals surface area (Å²) in [6.45, 7) is 0.431. The molecular weight excluding hydrogens is 352 g/mol. The van der Waals surface area contributed by atoms with E-state index in [2.05, 4.69) is 21.2 Å². The molecular formula is C14H11BrClF2NO. The van der Waals surface area contributed by atoms with Crippen LogP contribution >= 0.6 is 27.5 Å². The zero-order valence-corrected chi connectivity index (χ0v) is 12.9. The Kier molecular flexibility index (Phi) is 4.96. The molecule has 0 aliphatic rings. The van der Waals surface area contributed by atoms with Crippen molar-refractivity contribution >= 4 is 27.5 Å². The first-order chi connectivity index (χ1) is 9.52. The molecule has 0 aliphatic carbocycles. The van der Waals surface area contributed by atoms with E-state index < -0.39 is 11.6 Å². The van der Waals surface area contributed by atoms with Gasteiger partial charge < -0.3 is 10.1 Å². The molecule has 106 valence electrons. The van der Waals surface area contributed by atoms with Crippen molar-refractivity contribution in [2.45, 2.75) is 6.54 Å². The first kappa shape index (κ1) is 15.2. The third-order valence-corrected chi connectivity index (χ3v) is 3.51. The molecule has 0 radical (unpaired) electrons. The maximum absolute atomic E-state index is 13.9. The van der Waals surface area contributed by atoms with Crippen molar-refractivity contribution < 1.29 is 13.5 Å². The first-order valence-electron chi connectivity index (χ1n) is 5.77. The molecule has 0 spiro atoms. The average Bonchev–Trinajstić information content (AvgIpc) is 2.40. The van der Waals surface area contributed by atoms with Crippen molar-refractivity contribution in [1.82, 2.24) is 5.32 Å². The number of nitrogens with one attached hydrogen (secondary N) is 1. The topological polar surface area (TPSA) is 21.3 Å². The number of halogens is 4. The van der Waals surface area contributed by atoms with Gasteiger partial charge in [-0.25, -0.2) is 8.78 Å². The van der Waals surface area contributed by atoms with Crippen LogP contribution in [0, 0.1) is 11.6 Å². The predicted molar refractivity (Wildman–Crippen MR) is 78.3 cm³/mol. The van der Waals surface area contributed by atoms with Crippen LogP contribution in [0.5, 0.6) is 11.5 Å². The smallest absolute Gasteiger partial charge is 0.167 e. The van der Waals surface area contributed by atoms with Crippen molar-refractivity contribution in [1.29, 1.82) is 0 Å². The van der Waals surface area contributed by atoms with Crippen LogP contribution in [-0.4, -0.2) is 7.05 Å². The molecule has 0 heterocycles. The van der Waals surface area contributed by atoms with Gasteiger partial charge >= 0.3 is 0 Å². The Hall–Kier alpha value is -1.17. The fourth-order valence-corrected chi connectivity index (χ4v) is 2.41. The second-order valence-corrected chi connectivity index (χ2v) is 5.32. The molecule has 0 bridgehead atoms. The van der Waals surface area contributed by atoms with E-state index >= 15 is 0 Å². The molecule has 0 unspecified atom stereocenters. The van der Waals surface area contributed by atoms with Crippen LogP contribution in [0.1, 0.15) is 5.56 Å². The minimum Gasteiger partial charge on any atom is -0.453 e. The monoisotopic (exact) mass is 361 g/mol. The molecule has 0 saturated carbocycles. The summed E-state index contributed by atoms with van der Waals surface area (Å²) >= 11 is 8.87. The van der Waals surface area contributed by atoms with Gasteiger partial charge in [-0.1, -0.05) is 23.7 Å². The van der Waals surface area contributed by atoms with E-state index in [1.165, 1.54) is 12.1 Å². The highest BCUT2D eigenvalue weighted by molar-refractivity contribution is 9.10. The molecule has 0 aliphatic heterocycles. The third kappa shape index (κ3) is 3.29. The largest absolute Gasteiger partial charge is 0.453 e. The molecule has 1 N–H and O–H groups in total. The zero-order chi connectivity index (χ0) is 14.7. The molecule has 0 amide bonds. The molecule has 2 aromatic rings. The maximum atomic E-state index is 13.9. The maximum Gasteiger partial charge on any atom is 0.167 e. The van der Waals surface area contributed by atoms with Crippen LogP contribution in [-0.2, 0) is 6.54 Å². The molecule has 2 aromatic carbocycles. The molecule has 2 nitrogen and oxygen atoms in total. The lowest BCUT2D eigenvalue weighted by Crippen LogP contribution is -2.07. The van der Waals surface area contributed by atoms with Gasteiger partial charge in [-0.2, -0.15) is 0 Å². The van der Waals surface area contributed by atoms with Crippen LogP contribution in [0.2, 0.25) is 5.02 Å². The number of hydrogen-bond donors (Lipinski definition) is 1. The highest BCUT2D eigenvalue weighted by Gasteiger charge is 2.14. The zero-order valence-electron chi connectivity index (χ0n) is 10.5. The fourth-order valence-electron chi connectivity index (χ4n) is 1.69. The van der Waals surface area contributed by atoms with Gasteiger partial charge in [-0.05, 0) is 35.1 Å². The van der Waals surface area contributed by atoms with Crippen molar-refractivity contribution in [2.75, 3.05) is 7.05 Å². The molecule has 20 heavy (non-hydrogen) atoms. The number of ether oxygens (including phenoxy) is 1. The summed E-state index contributed by atoms with van der Waals surface area (Å²) in [7, 11) is 1.74. The van der Waals surface area contributed by atoms with E-state index in [1.807, 2.05) is 0 Å².